The average molecular weight is 406 g/mol. The Labute approximate surface area is 164 Å². The lowest BCUT2D eigenvalue weighted by Crippen LogP contribution is -2.03. The van der Waals surface area contributed by atoms with Gasteiger partial charge in [-0.05, 0) is 17.7 Å². The molecule has 0 unspecified atom stereocenters. The van der Waals surface area contributed by atoms with Crippen LogP contribution in [0.2, 0.25) is 10.0 Å². The zero-order valence-electron chi connectivity index (χ0n) is 13.6. The van der Waals surface area contributed by atoms with E-state index in [4.69, 9.17) is 27.9 Å². The smallest absolute Gasteiger partial charge is 0.358 e. The van der Waals surface area contributed by atoms with Gasteiger partial charge < -0.3 is 4.74 Å². The fraction of sp³-hybridized carbons (Fsp3) is 0.0556. The van der Waals surface area contributed by atoms with E-state index < -0.39 is 5.97 Å². The van der Waals surface area contributed by atoms with Gasteiger partial charge in [0.1, 0.15) is 0 Å². The number of anilines is 1. The molecule has 0 saturated carbocycles. The summed E-state index contributed by atoms with van der Waals surface area (Å²) in [6, 6.07) is 14.6. The second kappa shape index (κ2) is 8.31. The predicted molar refractivity (Wildman–Crippen MR) is 107 cm³/mol. The monoisotopic (exact) mass is 405 g/mol. The number of nitrogens with zero attached hydrogens (tertiary/aromatic N) is 2. The lowest BCUT2D eigenvalue weighted by molar-refractivity contribution is 0.0596. The van der Waals surface area contributed by atoms with Crippen molar-refractivity contribution in [1.82, 2.24) is 4.98 Å². The molecule has 5 nitrogen and oxygen atoms in total. The highest BCUT2D eigenvalue weighted by molar-refractivity contribution is 7.19. The molecule has 132 valence electrons. The fourth-order valence-electron chi connectivity index (χ4n) is 2.15. The van der Waals surface area contributed by atoms with Crippen LogP contribution < -0.4 is 5.43 Å². The molecule has 0 aliphatic rings. The van der Waals surface area contributed by atoms with Crippen molar-refractivity contribution in [3.8, 4) is 10.4 Å². The number of carbonyl (C=O) groups is 1. The summed E-state index contributed by atoms with van der Waals surface area (Å²) in [6.07, 6.45) is 1.56. The highest BCUT2D eigenvalue weighted by Crippen LogP contribution is 2.33. The maximum absolute atomic E-state index is 12.0. The summed E-state index contributed by atoms with van der Waals surface area (Å²) in [5.41, 5.74) is 4.65. The van der Waals surface area contributed by atoms with E-state index in [1.807, 2.05) is 30.3 Å². The average Bonchev–Trinajstić information content (AvgIpc) is 3.08. The molecule has 0 radical (unpaired) electrons. The number of rotatable bonds is 5. The first-order chi connectivity index (χ1) is 12.6. The Kier molecular flexibility index (Phi) is 5.88. The minimum Gasteiger partial charge on any atom is -0.464 e. The molecule has 0 spiro atoms. The molecule has 1 aromatic heterocycles. The third-order valence-electron chi connectivity index (χ3n) is 3.37. The van der Waals surface area contributed by atoms with Crippen LogP contribution in [0.15, 0.2) is 53.6 Å². The van der Waals surface area contributed by atoms with Gasteiger partial charge in [-0.1, -0.05) is 70.9 Å². The minimum absolute atomic E-state index is 0.242. The van der Waals surface area contributed by atoms with E-state index in [1.165, 1.54) is 18.4 Å². The number of hydrazone groups is 1. The van der Waals surface area contributed by atoms with E-state index in [0.29, 0.717) is 25.6 Å². The number of carbonyl (C=O) groups excluding carboxylic acids is 1. The Morgan fingerprint density at radius 2 is 2.00 bits per heavy atom. The molecule has 0 atom stereocenters. The number of hydrogen-bond acceptors (Lipinski definition) is 6. The number of methoxy groups -OCH3 is 1. The lowest BCUT2D eigenvalue weighted by atomic mass is 10.1. The van der Waals surface area contributed by atoms with Crippen LogP contribution in [0, 0.1) is 0 Å². The molecule has 1 heterocycles. The summed E-state index contributed by atoms with van der Waals surface area (Å²) in [6.45, 7) is 0. The van der Waals surface area contributed by atoms with Gasteiger partial charge in [0.25, 0.3) is 0 Å². The van der Waals surface area contributed by atoms with Crippen LogP contribution in [0.5, 0.6) is 0 Å². The molecule has 0 amide bonds. The van der Waals surface area contributed by atoms with Crippen LogP contribution >= 0.6 is 34.5 Å². The number of hydrogen-bond donors (Lipinski definition) is 1. The Morgan fingerprint density at radius 3 is 2.69 bits per heavy atom. The molecule has 26 heavy (non-hydrogen) atoms. The maximum atomic E-state index is 12.0. The number of nitrogens with one attached hydrogen (secondary N) is 1. The van der Waals surface area contributed by atoms with Crippen LogP contribution in [-0.2, 0) is 4.74 Å². The summed E-state index contributed by atoms with van der Waals surface area (Å²) in [4.78, 5) is 17.0. The highest BCUT2D eigenvalue weighted by atomic mass is 35.5. The Morgan fingerprint density at radius 1 is 1.23 bits per heavy atom. The highest BCUT2D eigenvalue weighted by Gasteiger charge is 2.20. The normalized spacial score (nSPS) is 10.9. The summed E-state index contributed by atoms with van der Waals surface area (Å²) in [5.74, 6) is -0.502. The zero-order valence-corrected chi connectivity index (χ0v) is 15.9. The summed E-state index contributed by atoms with van der Waals surface area (Å²) in [5, 5.41) is 5.63. The predicted octanol–water partition coefficient (Wildman–Crippen LogP) is 5.35. The van der Waals surface area contributed by atoms with E-state index in [1.54, 1.807) is 24.4 Å². The number of thiazole rings is 1. The first-order valence-electron chi connectivity index (χ1n) is 7.47. The molecular formula is C18H13Cl2N3O2S. The first kappa shape index (κ1) is 18.4. The molecule has 0 saturated heterocycles. The fourth-order valence-corrected chi connectivity index (χ4v) is 3.52. The second-order valence-electron chi connectivity index (χ2n) is 5.09. The quantitative estimate of drug-likeness (QED) is 0.353. The molecule has 0 aliphatic heterocycles. The molecule has 0 aliphatic carbocycles. The van der Waals surface area contributed by atoms with Crippen LogP contribution in [0.1, 0.15) is 16.1 Å². The van der Waals surface area contributed by atoms with Gasteiger partial charge in [-0.15, -0.1) is 0 Å². The molecule has 0 fully saturated rings. The Bertz CT molecular complexity index is 958. The number of esters is 1. The van der Waals surface area contributed by atoms with Crippen LogP contribution in [-0.4, -0.2) is 24.3 Å². The number of benzene rings is 2. The summed E-state index contributed by atoms with van der Waals surface area (Å²) >= 11 is 13.3. The largest absolute Gasteiger partial charge is 0.464 e. The van der Waals surface area contributed by atoms with Crippen molar-refractivity contribution in [2.45, 2.75) is 0 Å². The van der Waals surface area contributed by atoms with E-state index in [0.717, 1.165) is 5.56 Å². The van der Waals surface area contributed by atoms with Crippen molar-refractivity contribution in [3.63, 3.8) is 0 Å². The van der Waals surface area contributed by atoms with Crippen molar-refractivity contribution in [2.75, 3.05) is 12.5 Å². The van der Waals surface area contributed by atoms with Gasteiger partial charge in [-0.25, -0.2) is 9.78 Å². The van der Waals surface area contributed by atoms with Gasteiger partial charge in [0.2, 0.25) is 5.13 Å². The Hall–Kier alpha value is -2.41. The van der Waals surface area contributed by atoms with Crippen molar-refractivity contribution >= 4 is 51.9 Å². The summed E-state index contributed by atoms with van der Waals surface area (Å²) in [7, 11) is 1.32. The summed E-state index contributed by atoms with van der Waals surface area (Å²) < 4.78 is 4.82. The van der Waals surface area contributed by atoms with Gasteiger partial charge in [0.05, 0.1) is 23.2 Å². The van der Waals surface area contributed by atoms with Gasteiger partial charge in [0.15, 0.2) is 5.69 Å². The van der Waals surface area contributed by atoms with Crippen LogP contribution in [0.4, 0.5) is 5.13 Å². The SMILES string of the molecule is COC(=O)c1nc(N/N=C\c2ccc(Cl)cc2Cl)sc1-c1ccccc1. The van der Waals surface area contributed by atoms with Gasteiger partial charge in [-0.2, -0.15) is 5.10 Å². The van der Waals surface area contributed by atoms with E-state index in [-0.39, 0.29) is 5.69 Å². The van der Waals surface area contributed by atoms with Crippen molar-refractivity contribution in [3.05, 3.63) is 69.8 Å². The topological polar surface area (TPSA) is 63.6 Å². The molecule has 0 bridgehead atoms. The first-order valence-corrected chi connectivity index (χ1v) is 9.04. The van der Waals surface area contributed by atoms with E-state index in [2.05, 4.69) is 15.5 Å². The van der Waals surface area contributed by atoms with E-state index in [9.17, 15) is 4.79 Å². The third-order valence-corrected chi connectivity index (χ3v) is 4.94. The third kappa shape index (κ3) is 4.22. The van der Waals surface area contributed by atoms with Gasteiger partial charge >= 0.3 is 5.97 Å². The van der Waals surface area contributed by atoms with E-state index >= 15 is 0 Å². The van der Waals surface area contributed by atoms with Gasteiger partial charge in [0, 0.05) is 10.6 Å². The Balaban J connectivity index is 1.85. The minimum atomic E-state index is -0.502. The molecule has 1 N–H and O–H groups in total. The molecular weight excluding hydrogens is 393 g/mol. The second-order valence-corrected chi connectivity index (χ2v) is 6.93. The van der Waals surface area contributed by atoms with Crippen LogP contribution in [0.25, 0.3) is 10.4 Å². The van der Waals surface area contributed by atoms with Crippen LogP contribution in [0.3, 0.4) is 0 Å². The zero-order chi connectivity index (χ0) is 18.5. The molecule has 8 heteroatoms. The molecule has 3 rings (SSSR count). The van der Waals surface area contributed by atoms with Gasteiger partial charge in [-0.3, -0.25) is 5.43 Å². The maximum Gasteiger partial charge on any atom is 0.358 e. The number of ether oxygens (including phenoxy) is 1. The molecule has 2 aromatic carbocycles. The van der Waals surface area contributed by atoms with Crippen molar-refractivity contribution in [1.29, 1.82) is 0 Å². The van der Waals surface area contributed by atoms with Crippen molar-refractivity contribution < 1.29 is 9.53 Å². The standard InChI is InChI=1S/C18H13Cl2N3O2S/c1-25-17(24)15-16(11-5-3-2-4-6-11)26-18(22-15)23-21-10-12-7-8-13(19)9-14(12)20/h2-10H,1H3,(H,22,23)/b21-10-. The number of halogens is 2. The van der Waals surface area contributed by atoms with Crippen molar-refractivity contribution in [2.24, 2.45) is 5.10 Å². The molecule has 3 aromatic rings. The number of aromatic nitrogens is 1. The lowest BCUT2D eigenvalue weighted by Gasteiger charge is -1.99.